The van der Waals surface area contributed by atoms with Gasteiger partial charge in [-0.2, -0.15) is 0 Å². The molecule has 0 aromatic carbocycles. The van der Waals surface area contributed by atoms with Crippen LogP contribution < -0.4 is 38.9 Å². The van der Waals surface area contributed by atoms with Gasteiger partial charge in [-0.15, -0.1) is 0 Å². The van der Waals surface area contributed by atoms with Gasteiger partial charge >= 0.3 is 0 Å². The van der Waals surface area contributed by atoms with Crippen LogP contribution in [0.25, 0.3) is 0 Å². The van der Waals surface area contributed by atoms with Crippen molar-refractivity contribution in [2.24, 2.45) is 34.8 Å². The van der Waals surface area contributed by atoms with Crippen molar-refractivity contribution >= 4 is 5.91 Å². The summed E-state index contributed by atoms with van der Waals surface area (Å²) >= 11 is 0. The molecule has 4 aliphatic rings. The Morgan fingerprint density at radius 2 is 1.95 bits per heavy atom. The number of aliphatic hydroxyl groups is 4. The molecule has 2 saturated carbocycles. The summed E-state index contributed by atoms with van der Waals surface area (Å²) in [7, 11) is 1.59. The fourth-order valence-corrected chi connectivity index (χ4v) is 6.59. The van der Waals surface area contributed by atoms with Crippen LogP contribution >= 0.6 is 0 Å². The second-order valence-corrected chi connectivity index (χ2v) is 12.8. The molecule has 2 aliphatic carbocycles. The molecule has 15 nitrogen and oxygen atoms in total. The van der Waals surface area contributed by atoms with Gasteiger partial charge < -0.3 is 73.5 Å². The highest BCUT2D eigenvalue weighted by Crippen LogP contribution is 2.37. The molecular formula is C28H53N7O8. The highest BCUT2D eigenvalue weighted by molar-refractivity contribution is 5.81. The van der Waals surface area contributed by atoms with E-state index in [1.54, 1.807) is 7.05 Å². The lowest BCUT2D eigenvalue weighted by Gasteiger charge is -2.50. The average Bonchev–Trinajstić information content (AvgIpc) is 3.81. The molecule has 1 saturated heterocycles. The van der Waals surface area contributed by atoms with E-state index in [9.17, 15) is 25.2 Å². The van der Waals surface area contributed by atoms with Gasteiger partial charge in [0.05, 0.1) is 31.3 Å². The Kier molecular flexibility index (Phi) is 11.8. The summed E-state index contributed by atoms with van der Waals surface area (Å²) in [5.74, 6) is -0.134. The van der Waals surface area contributed by atoms with Crippen molar-refractivity contribution in [3.8, 4) is 0 Å². The number of amides is 1. The molecule has 2 unspecified atom stereocenters. The molecule has 0 aromatic rings. The molecule has 15 heteroatoms. The molecule has 3 fully saturated rings. The first-order valence-electron chi connectivity index (χ1n) is 15.4. The smallest absolute Gasteiger partial charge is 0.250 e. The highest BCUT2D eigenvalue weighted by Gasteiger charge is 2.53. The lowest BCUT2D eigenvalue weighted by Crippen LogP contribution is -2.69. The van der Waals surface area contributed by atoms with Gasteiger partial charge in [0.2, 0.25) is 5.91 Å². The van der Waals surface area contributed by atoms with Gasteiger partial charge in [-0.25, -0.2) is 0 Å². The number of carbonyl (C=O) groups is 1. The minimum Gasteiger partial charge on any atom is -0.492 e. The van der Waals surface area contributed by atoms with Crippen molar-refractivity contribution in [2.75, 3.05) is 33.3 Å². The Morgan fingerprint density at radius 1 is 1.23 bits per heavy atom. The van der Waals surface area contributed by atoms with E-state index < -0.39 is 78.4 Å². The molecule has 1 amide bonds. The number of hydrogen-bond donors (Lipinski definition) is 11. The van der Waals surface area contributed by atoms with Gasteiger partial charge in [0, 0.05) is 30.6 Å². The third kappa shape index (κ3) is 8.23. The minimum absolute atomic E-state index is 0.147. The fraction of sp³-hybridized carbons (Fsp3) is 0.893. The maximum absolute atomic E-state index is 12.6. The van der Waals surface area contributed by atoms with Crippen LogP contribution in [0.5, 0.6) is 0 Å². The number of carbonyl (C=O) groups excluding carboxylic acids is 1. The second kappa shape index (κ2) is 14.7. The molecule has 15 N–H and O–H groups in total. The lowest BCUT2D eigenvalue weighted by molar-refractivity contribution is -0.297. The summed E-state index contributed by atoms with van der Waals surface area (Å²) in [6, 6.07) is -2.61. The quantitative estimate of drug-likeness (QED) is 0.0875. The summed E-state index contributed by atoms with van der Waals surface area (Å²) in [5.41, 5.74) is 23.4. The Morgan fingerprint density at radius 3 is 2.60 bits per heavy atom. The van der Waals surface area contributed by atoms with Crippen molar-refractivity contribution in [2.45, 2.75) is 112 Å². The maximum atomic E-state index is 12.6. The van der Waals surface area contributed by atoms with Crippen molar-refractivity contribution in [3.05, 3.63) is 11.8 Å². The van der Waals surface area contributed by atoms with E-state index in [1.807, 2.05) is 6.08 Å². The topological polar surface area (TPSA) is 266 Å². The van der Waals surface area contributed by atoms with Crippen molar-refractivity contribution in [3.63, 3.8) is 0 Å². The molecule has 0 bridgehead atoms. The van der Waals surface area contributed by atoms with Crippen LogP contribution in [0.1, 0.15) is 39.0 Å². The Labute approximate surface area is 253 Å². The molecule has 43 heavy (non-hydrogen) atoms. The van der Waals surface area contributed by atoms with Crippen LogP contribution in [0.2, 0.25) is 0 Å². The molecule has 2 aliphatic heterocycles. The first-order chi connectivity index (χ1) is 20.4. The molecule has 0 aromatic heterocycles. The van der Waals surface area contributed by atoms with Crippen LogP contribution in [0.4, 0.5) is 0 Å². The van der Waals surface area contributed by atoms with E-state index in [1.165, 1.54) is 19.8 Å². The van der Waals surface area contributed by atoms with E-state index in [-0.39, 0.29) is 25.6 Å². The fourth-order valence-electron chi connectivity index (χ4n) is 6.59. The van der Waals surface area contributed by atoms with E-state index in [2.05, 4.69) is 16.0 Å². The number of likely N-dealkylation sites (N-methyl/N-ethyl adjacent to an activating group) is 1. The number of ether oxygens (including phenoxy) is 3. The predicted octanol–water partition coefficient (Wildman–Crippen LogP) is -4.34. The van der Waals surface area contributed by atoms with Gasteiger partial charge in [-0.05, 0) is 64.6 Å². The van der Waals surface area contributed by atoms with Gasteiger partial charge in [0.25, 0.3) is 0 Å². The first-order valence-corrected chi connectivity index (χ1v) is 15.4. The summed E-state index contributed by atoms with van der Waals surface area (Å²) in [4.78, 5) is 12.6. The Hall–Kier alpha value is -1.47. The predicted molar refractivity (Wildman–Crippen MR) is 157 cm³/mol. The van der Waals surface area contributed by atoms with Gasteiger partial charge in [0.15, 0.2) is 6.29 Å². The maximum Gasteiger partial charge on any atom is 0.250 e. The summed E-state index contributed by atoms with van der Waals surface area (Å²) in [6.07, 6.45) is -1.30. The Balaban J connectivity index is 1.47. The number of hydrogen-bond acceptors (Lipinski definition) is 14. The van der Waals surface area contributed by atoms with E-state index >= 15 is 0 Å². The molecule has 13 atom stereocenters. The van der Waals surface area contributed by atoms with Gasteiger partial charge in [0.1, 0.15) is 35.8 Å². The zero-order valence-electron chi connectivity index (χ0n) is 25.2. The number of nitrogens with two attached hydrogens (primary N) is 4. The van der Waals surface area contributed by atoms with E-state index in [4.69, 9.17) is 37.1 Å². The molecular weight excluding hydrogens is 562 g/mol. The van der Waals surface area contributed by atoms with Gasteiger partial charge in [-0.3, -0.25) is 4.79 Å². The van der Waals surface area contributed by atoms with Crippen LogP contribution in [-0.4, -0.2) is 132 Å². The number of aliphatic hydroxyl groups excluding tert-OH is 3. The number of nitrogens with one attached hydrogen (secondary N) is 3. The van der Waals surface area contributed by atoms with Crippen molar-refractivity contribution < 1.29 is 39.4 Å². The normalized spacial score (nSPS) is 41.6. The number of rotatable bonds is 13. The molecule has 4 rings (SSSR count). The zero-order valence-corrected chi connectivity index (χ0v) is 25.2. The standard InChI is InChI=1S/C28H53N7O8/c1-28(40)12-41-27(22(38)25(28)33-2)43-24-18(35-26(39)19(36)10-29)9-17(32)20(21(24)37)23-16(31)6-5-14(42-23)11-34-8-7-15(30)13-3-4-13/h5,13,15-25,27,33-34,36-38,40H,3-4,6-12,29-32H2,1-2H3,(H,35,39)/t15?,16-,17+,18-,19+,20-,21+,22-,23?,24+,25-,27-,28+/m1/s1. The van der Waals surface area contributed by atoms with Crippen LogP contribution in [-0.2, 0) is 19.0 Å². The molecule has 248 valence electrons. The SMILES string of the molecule is CN[C@@H]1[C@@H](O)[C@@H](O[C@@H]2[C@@H](O)[C@H](C3OC(CNCCC(N)C4CC4)=CC[C@H]3N)[C@@H](N)C[C@H]2NC(=O)[C@@H](O)CN)OC[C@]1(C)O. The van der Waals surface area contributed by atoms with Crippen molar-refractivity contribution in [1.82, 2.24) is 16.0 Å². The summed E-state index contributed by atoms with van der Waals surface area (Å²) in [5, 5.41) is 52.4. The zero-order chi connectivity index (χ0) is 31.5. The lowest BCUT2D eigenvalue weighted by atomic mass is 9.72. The monoisotopic (exact) mass is 615 g/mol. The molecule has 0 spiro atoms. The largest absolute Gasteiger partial charge is 0.492 e. The van der Waals surface area contributed by atoms with Crippen LogP contribution in [0, 0.1) is 11.8 Å². The van der Waals surface area contributed by atoms with Crippen molar-refractivity contribution in [1.29, 1.82) is 0 Å². The first kappa shape index (κ1) is 34.4. The molecule has 2 heterocycles. The van der Waals surface area contributed by atoms with Crippen LogP contribution in [0.3, 0.4) is 0 Å². The second-order valence-electron chi connectivity index (χ2n) is 12.8. The van der Waals surface area contributed by atoms with Crippen LogP contribution in [0.15, 0.2) is 11.8 Å². The highest BCUT2D eigenvalue weighted by atomic mass is 16.7. The summed E-state index contributed by atoms with van der Waals surface area (Å²) in [6.45, 7) is 2.29. The third-order valence-electron chi connectivity index (χ3n) is 9.32. The molecule has 0 radical (unpaired) electrons. The average molecular weight is 616 g/mol. The minimum atomic E-state index is -1.47. The van der Waals surface area contributed by atoms with E-state index in [0.29, 0.717) is 24.6 Å². The Bertz CT molecular complexity index is 956. The van der Waals surface area contributed by atoms with E-state index in [0.717, 1.165) is 13.0 Å². The summed E-state index contributed by atoms with van der Waals surface area (Å²) < 4.78 is 18.2. The van der Waals surface area contributed by atoms with Gasteiger partial charge in [-0.1, -0.05) is 0 Å². The third-order valence-corrected chi connectivity index (χ3v) is 9.32.